The van der Waals surface area contributed by atoms with Gasteiger partial charge in [0.2, 0.25) is 0 Å². The number of rotatable bonds is 1. The summed E-state index contributed by atoms with van der Waals surface area (Å²) < 4.78 is 5.51. The Morgan fingerprint density at radius 3 is 2.79 bits per heavy atom. The maximum atomic E-state index is 9.92. The van der Waals surface area contributed by atoms with Crippen LogP contribution in [0.3, 0.4) is 0 Å². The van der Waals surface area contributed by atoms with Crippen LogP contribution in [0.4, 0.5) is 0 Å². The largest absolute Gasteiger partial charge is 0.391 e. The fourth-order valence-corrected chi connectivity index (χ4v) is 2.66. The first kappa shape index (κ1) is 10.4. The minimum absolute atomic E-state index is 0.103. The molecule has 0 amide bonds. The summed E-state index contributed by atoms with van der Waals surface area (Å²) in [6, 6.07) is 0.398. The normalized spacial score (nSPS) is 41.1. The van der Waals surface area contributed by atoms with Crippen LogP contribution in [0.15, 0.2) is 0 Å². The van der Waals surface area contributed by atoms with Gasteiger partial charge in [0.15, 0.2) is 0 Å². The lowest BCUT2D eigenvalue weighted by Gasteiger charge is -2.41. The summed E-state index contributed by atoms with van der Waals surface area (Å²) in [5.74, 6) is 0. The molecule has 3 heteroatoms. The molecule has 82 valence electrons. The average Bonchev–Trinajstić information content (AvgIpc) is 2.18. The molecular weight excluding hydrogens is 178 g/mol. The second-order valence-electron chi connectivity index (χ2n) is 4.60. The first-order valence-corrected chi connectivity index (χ1v) is 5.81. The van der Waals surface area contributed by atoms with Crippen molar-refractivity contribution >= 4 is 0 Å². The van der Waals surface area contributed by atoms with Gasteiger partial charge < -0.3 is 9.84 Å². The first-order chi connectivity index (χ1) is 6.77. The molecule has 1 saturated heterocycles. The van der Waals surface area contributed by atoms with Crippen LogP contribution in [0.5, 0.6) is 0 Å². The van der Waals surface area contributed by atoms with Gasteiger partial charge in [-0.3, -0.25) is 4.90 Å². The molecule has 0 bridgehead atoms. The molecule has 0 aromatic rings. The average molecular weight is 199 g/mol. The SMILES string of the molecule is CC1CN([C@@H]2CCCC[C@H]2O)CCO1. The molecule has 14 heavy (non-hydrogen) atoms. The second kappa shape index (κ2) is 4.60. The Balaban J connectivity index is 1.91. The van der Waals surface area contributed by atoms with Crippen LogP contribution in [-0.4, -0.2) is 48.0 Å². The van der Waals surface area contributed by atoms with Crippen molar-refractivity contribution in [3.05, 3.63) is 0 Å². The number of hydrogen-bond donors (Lipinski definition) is 1. The molecule has 1 N–H and O–H groups in total. The van der Waals surface area contributed by atoms with E-state index >= 15 is 0 Å². The zero-order valence-electron chi connectivity index (χ0n) is 8.98. The van der Waals surface area contributed by atoms with E-state index in [-0.39, 0.29) is 6.10 Å². The van der Waals surface area contributed by atoms with E-state index in [9.17, 15) is 5.11 Å². The van der Waals surface area contributed by atoms with E-state index in [1.807, 2.05) is 0 Å². The van der Waals surface area contributed by atoms with Gasteiger partial charge in [-0.15, -0.1) is 0 Å². The smallest absolute Gasteiger partial charge is 0.0695 e. The van der Waals surface area contributed by atoms with E-state index < -0.39 is 0 Å². The van der Waals surface area contributed by atoms with Crippen LogP contribution in [0, 0.1) is 0 Å². The molecule has 0 aromatic heterocycles. The van der Waals surface area contributed by atoms with Crippen LogP contribution in [0.2, 0.25) is 0 Å². The predicted molar refractivity (Wildman–Crippen MR) is 55.2 cm³/mol. The van der Waals surface area contributed by atoms with Crippen LogP contribution in [-0.2, 0) is 4.74 Å². The van der Waals surface area contributed by atoms with Gasteiger partial charge in [0, 0.05) is 19.1 Å². The summed E-state index contributed by atoms with van der Waals surface area (Å²) in [5, 5.41) is 9.92. The molecular formula is C11H21NO2. The number of hydrogen-bond acceptors (Lipinski definition) is 3. The van der Waals surface area contributed by atoms with Crippen LogP contribution in [0.25, 0.3) is 0 Å². The molecule has 3 atom stereocenters. The molecule has 1 aliphatic heterocycles. The lowest BCUT2D eigenvalue weighted by atomic mass is 9.91. The Bertz CT molecular complexity index is 186. The van der Waals surface area contributed by atoms with Crippen molar-refractivity contribution in [1.29, 1.82) is 0 Å². The molecule has 0 spiro atoms. The summed E-state index contributed by atoms with van der Waals surface area (Å²) in [6.07, 6.45) is 4.84. The number of nitrogens with zero attached hydrogens (tertiary/aromatic N) is 1. The van der Waals surface area contributed by atoms with Crippen molar-refractivity contribution in [2.75, 3.05) is 19.7 Å². The minimum Gasteiger partial charge on any atom is -0.391 e. The van der Waals surface area contributed by atoms with Crippen LogP contribution >= 0.6 is 0 Å². The first-order valence-electron chi connectivity index (χ1n) is 5.81. The lowest BCUT2D eigenvalue weighted by molar-refractivity contribution is -0.0668. The molecule has 2 fully saturated rings. The molecule has 0 radical (unpaired) electrons. The molecule has 3 nitrogen and oxygen atoms in total. The molecule has 1 unspecified atom stereocenters. The van der Waals surface area contributed by atoms with Crippen molar-refractivity contribution < 1.29 is 9.84 Å². The lowest BCUT2D eigenvalue weighted by Crippen LogP contribution is -2.52. The Hall–Kier alpha value is -0.120. The Kier molecular flexibility index (Phi) is 3.42. The Morgan fingerprint density at radius 1 is 1.29 bits per heavy atom. The van der Waals surface area contributed by atoms with E-state index in [1.165, 1.54) is 12.8 Å². The molecule has 1 aliphatic carbocycles. The molecule has 1 heterocycles. The fourth-order valence-electron chi connectivity index (χ4n) is 2.66. The monoisotopic (exact) mass is 199 g/mol. The maximum Gasteiger partial charge on any atom is 0.0695 e. The third-order valence-corrected chi connectivity index (χ3v) is 3.44. The van der Waals surface area contributed by atoms with E-state index in [1.54, 1.807) is 0 Å². The van der Waals surface area contributed by atoms with Gasteiger partial charge in [0.1, 0.15) is 0 Å². The Labute approximate surface area is 86.0 Å². The van der Waals surface area contributed by atoms with Crippen molar-refractivity contribution in [3.8, 4) is 0 Å². The van der Waals surface area contributed by atoms with Gasteiger partial charge in [0.25, 0.3) is 0 Å². The minimum atomic E-state index is -0.103. The highest BCUT2D eigenvalue weighted by Gasteiger charge is 2.31. The summed E-state index contributed by atoms with van der Waals surface area (Å²) in [6.45, 7) is 4.92. The number of aliphatic hydroxyl groups excluding tert-OH is 1. The van der Waals surface area contributed by atoms with Gasteiger partial charge in [-0.2, -0.15) is 0 Å². The standard InChI is InChI=1S/C11H21NO2/c1-9-8-12(6-7-14-9)10-4-2-3-5-11(10)13/h9-11,13H,2-8H2,1H3/t9?,10-,11-/m1/s1. The molecule has 2 aliphatic rings. The third kappa shape index (κ3) is 2.27. The highest BCUT2D eigenvalue weighted by Crippen LogP contribution is 2.24. The van der Waals surface area contributed by atoms with Crippen LogP contribution in [0.1, 0.15) is 32.6 Å². The predicted octanol–water partition coefficient (Wildman–Crippen LogP) is 1.01. The van der Waals surface area contributed by atoms with Gasteiger partial charge in [-0.1, -0.05) is 12.8 Å². The maximum absolute atomic E-state index is 9.92. The highest BCUT2D eigenvalue weighted by molar-refractivity contribution is 4.85. The number of ether oxygens (including phenoxy) is 1. The highest BCUT2D eigenvalue weighted by atomic mass is 16.5. The quantitative estimate of drug-likeness (QED) is 0.684. The zero-order chi connectivity index (χ0) is 9.97. The molecule has 0 aromatic carbocycles. The topological polar surface area (TPSA) is 32.7 Å². The van der Waals surface area contributed by atoms with E-state index in [2.05, 4.69) is 11.8 Å². The van der Waals surface area contributed by atoms with Gasteiger partial charge in [-0.25, -0.2) is 0 Å². The van der Waals surface area contributed by atoms with E-state index in [0.29, 0.717) is 12.1 Å². The van der Waals surface area contributed by atoms with Gasteiger partial charge in [-0.05, 0) is 19.8 Å². The summed E-state index contributed by atoms with van der Waals surface area (Å²) in [7, 11) is 0. The second-order valence-corrected chi connectivity index (χ2v) is 4.60. The van der Waals surface area contributed by atoms with Crippen molar-refractivity contribution in [1.82, 2.24) is 4.90 Å². The number of aliphatic hydroxyl groups is 1. The Morgan fingerprint density at radius 2 is 2.07 bits per heavy atom. The molecule has 2 rings (SSSR count). The van der Waals surface area contributed by atoms with Crippen molar-refractivity contribution in [2.45, 2.75) is 50.9 Å². The van der Waals surface area contributed by atoms with E-state index in [4.69, 9.17) is 4.74 Å². The zero-order valence-corrected chi connectivity index (χ0v) is 8.98. The third-order valence-electron chi connectivity index (χ3n) is 3.44. The number of morpholine rings is 1. The van der Waals surface area contributed by atoms with Crippen molar-refractivity contribution in [2.24, 2.45) is 0 Å². The van der Waals surface area contributed by atoms with Gasteiger partial charge >= 0.3 is 0 Å². The van der Waals surface area contributed by atoms with Crippen LogP contribution < -0.4 is 0 Å². The summed E-state index contributed by atoms with van der Waals surface area (Å²) in [5.41, 5.74) is 0. The summed E-state index contributed by atoms with van der Waals surface area (Å²) in [4.78, 5) is 2.41. The fraction of sp³-hybridized carbons (Fsp3) is 1.00. The van der Waals surface area contributed by atoms with Crippen molar-refractivity contribution in [3.63, 3.8) is 0 Å². The molecule has 1 saturated carbocycles. The van der Waals surface area contributed by atoms with Gasteiger partial charge in [0.05, 0.1) is 18.8 Å². The summed E-state index contributed by atoms with van der Waals surface area (Å²) >= 11 is 0. The van der Waals surface area contributed by atoms with E-state index in [0.717, 1.165) is 32.5 Å².